The van der Waals surface area contributed by atoms with Gasteiger partial charge in [0.25, 0.3) is 11.5 Å². The second kappa shape index (κ2) is 5.88. The van der Waals surface area contributed by atoms with Crippen molar-refractivity contribution in [2.24, 2.45) is 23.3 Å². The third-order valence-corrected chi connectivity index (χ3v) is 6.11. The average Bonchev–Trinajstić information content (AvgIpc) is 2.61. The van der Waals surface area contributed by atoms with Crippen LogP contribution in [0.5, 0.6) is 0 Å². The quantitative estimate of drug-likeness (QED) is 0.316. The lowest BCUT2D eigenvalue weighted by Crippen LogP contribution is -2.63. The van der Waals surface area contributed by atoms with Gasteiger partial charge >= 0.3 is 0 Å². The molecule has 8 N–H and O–H groups in total. The van der Waals surface area contributed by atoms with Crippen LogP contribution in [-0.2, 0) is 16.0 Å². The first-order chi connectivity index (χ1) is 13.5. The van der Waals surface area contributed by atoms with Crippen LogP contribution in [0.1, 0.15) is 28.0 Å². The molecule has 0 spiro atoms. The molecule has 4 rings (SSSR count). The zero-order valence-corrected chi connectivity index (χ0v) is 15.4. The van der Waals surface area contributed by atoms with Gasteiger partial charge in [0.1, 0.15) is 17.1 Å². The maximum atomic E-state index is 13.0. The van der Waals surface area contributed by atoms with E-state index < -0.39 is 63.6 Å². The first-order valence-corrected chi connectivity index (χ1v) is 8.96. The fourth-order valence-electron chi connectivity index (χ4n) is 4.80. The number of pyridine rings is 1. The number of primary amides is 1. The molecule has 4 atom stereocenters. The van der Waals surface area contributed by atoms with Gasteiger partial charge in [-0.1, -0.05) is 0 Å². The van der Waals surface area contributed by atoms with Crippen molar-refractivity contribution in [1.29, 1.82) is 0 Å². The number of carbonyl (C=O) groups excluding carboxylic acids is 3. The standard InChI is InChI=1S/C19H19N3O7/c1-5-2-6-3-7-4-8-12(20)14(24)11(17(21)27)16(26)19(8,29)15(25)9(7)13(23)10(6)18(28)22-5/h2,7-8,12,24-25,29H,3-4,20H2,1H3,(H2,21,27)(H,22,28)/t7?,8?,12-,19-/m0/s1. The number of aliphatic hydroxyl groups is 3. The number of carbonyl (C=O) groups is 3. The average molecular weight is 401 g/mol. The zero-order chi connectivity index (χ0) is 21.4. The number of hydrogen-bond acceptors (Lipinski definition) is 8. The topological polar surface area (TPSA) is 197 Å². The number of ketones is 2. The van der Waals surface area contributed by atoms with Gasteiger partial charge in [-0.15, -0.1) is 0 Å². The predicted molar refractivity (Wildman–Crippen MR) is 97.9 cm³/mol. The van der Waals surface area contributed by atoms with E-state index in [-0.39, 0.29) is 24.0 Å². The van der Waals surface area contributed by atoms with Crippen LogP contribution in [0.2, 0.25) is 0 Å². The van der Waals surface area contributed by atoms with E-state index in [9.17, 15) is 34.5 Å². The Morgan fingerprint density at radius 2 is 1.93 bits per heavy atom. The van der Waals surface area contributed by atoms with Gasteiger partial charge in [0, 0.05) is 17.2 Å². The smallest absolute Gasteiger partial charge is 0.259 e. The Balaban J connectivity index is 1.96. The molecule has 1 amide bonds. The highest BCUT2D eigenvalue weighted by molar-refractivity contribution is 6.24. The molecule has 1 aromatic rings. The van der Waals surface area contributed by atoms with Crippen molar-refractivity contribution in [2.75, 3.05) is 0 Å². The lowest BCUT2D eigenvalue weighted by Gasteiger charge is -2.47. The summed E-state index contributed by atoms with van der Waals surface area (Å²) < 4.78 is 0. The molecule has 3 aliphatic rings. The lowest BCUT2D eigenvalue weighted by atomic mass is 9.59. The zero-order valence-electron chi connectivity index (χ0n) is 15.4. The van der Waals surface area contributed by atoms with Crippen LogP contribution in [-0.4, -0.2) is 49.4 Å². The largest absolute Gasteiger partial charge is 0.510 e. The van der Waals surface area contributed by atoms with Gasteiger partial charge in [0.15, 0.2) is 11.4 Å². The fourth-order valence-corrected chi connectivity index (χ4v) is 4.80. The number of nitrogens with two attached hydrogens (primary N) is 2. The van der Waals surface area contributed by atoms with Crippen LogP contribution in [0, 0.1) is 18.8 Å². The molecule has 0 aliphatic heterocycles. The van der Waals surface area contributed by atoms with Gasteiger partial charge in [0.2, 0.25) is 5.78 Å². The molecular weight excluding hydrogens is 382 g/mol. The fraction of sp³-hybridized carbons (Fsp3) is 0.368. The van der Waals surface area contributed by atoms with Gasteiger partial charge in [-0.05, 0) is 37.3 Å². The van der Waals surface area contributed by atoms with E-state index in [1.54, 1.807) is 13.0 Å². The predicted octanol–water partition coefficient (Wildman–Crippen LogP) is -1.19. The number of H-pyrrole nitrogens is 1. The number of Topliss-reactive ketones (excluding diaryl/α,β-unsaturated/α-hetero) is 2. The molecule has 0 bridgehead atoms. The number of hydrogen-bond donors (Lipinski definition) is 6. The summed E-state index contributed by atoms with van der Waals surface area (Å²) >= 11 is 0. The molecular formula is C19H19N3O7. The normalized spacial score (nSPS) is 31.3. The van der Waals surface area contributed by atoms with Crippen LogP contribution in [0.25, 0.3) is 0 Å². The molecule has 29 heavy (non-hydrogen) atoms. The highest BCUT2D eigenvalue weighted by Crippen LogP contribution is 2.49. The third kappa shape index (κ3) is 2.29. The van der Waals surface area contributed by atoms with Crippen LogP contribution in [0.15, 0.2) is 33.5 Å². The summed E-state index contributed by atoms with van der Waals surface area (Å²) in [4.78, 5) is 52.3. The molecule has 0 saturated heterocycles. The molecule has 2 unspecified atom stereocenters. The van der Waals surface area contributed by atoms with Crippen molar-refractivity contribution in [3.63, 3.8) is 0 Å². The summed E-state index contributed by atoms with van der Waals surface area (Å²) in [6, 6.07) is 0.291. The molecule has 0 aromatic carbocycles. The number of aryl methyl sites for hydroxylation is 1. The molecule has 1 aromatic heterocycles. The van der Waals surface area contributed by atoms with Crippen LogP contribution in [0.4, 0.5) is 0 Å². The number of fused-ring (bicyclic) bond motifs is 3. The van der Waals surface area contributed by atoms with E-state index in [1.165, 1.54) is 0 Å². The molecule has 0 radical (unpaired) electrons. The molecule has 152 valence electrons. The molecule has 10 heteroatoms. The van der Waals surface area contributed by atoms with E-state index in [0.29, 0.717) is 11.3 Å². The van der Waals surface area contributed by atoms with E-state index in [0.717, 1.165) is 0 Å². The minimum absolute atomic E-state index is 0.0318. The first-order valence-electron chi connectivity index (χ1n) is 8.96. The van der Waals surface area contributed by atoms with Crippen molar-refractivity contribution in [3.8, 4) is 0 Å². The van der Waals surface area contributed by atoms with Gasteiger partial charge in [-0.25, -0.2) is 0 Å². The van der Waals surface area contributed by atoms with Gasteiger partial charge in [-0.2, -0.15) is 0 Å². The maximum Gasteiger partial charge on any atom is 0.259 e. The van der Waals surface area contributed by atoms with Crippen molar-refractivity contribution >= 4 is 17.5 Å². The highest BCUT2D eigenvalue weighted by Gasteiger charge is 2.62. The van der Waals surface area contributed by atoms with E-state index in [2.05, 4.69) is 4.98 Å². The minimum Gasteiger partial charge on any atom is -0.510 e. The molecule has 3 aliphatic carbocycles. The Hall–Kier alpha value is -3.24. The second-order valence-electron chi connectivity index (χ2n) is 7.76. The van der Waals surface area contributed by atoms with Crippen LogP contribution in [0.3, 0.4) is 0 Å². The maximum absolute atomic E-state index is 13.0. The second-order valence-corrected chi connectivity index (χ2v) is 7.76. The van der Waals surface area contributed by atoms with Gasteiger partial charge in [-0.3, -0.25) is 19.2 Å². The lowest BCUT2D eigenvalue weighted by molar-refractivity contribution is -0.145. The van der Waals surface area contributed by atoms with Crippen LogP contribution < -0.4 is 17.0 Å². The Labute approximate surface area is 163 Å². The van der Waals surface area contributed by atoms with Gasteiger partial charge < -0.3 is 31.8 Å². The highest BCUT2D eigenvalue weighted by atomic mass is 16.3. The summed E-state index contributed by atoms with van der Waals surface area (Å²) in [6.45, 7) is 1.67. The number of rotatable bonds is 1. The number of aromatic nitrogens is 1. The van der Waals surface area contributed by atoms with Crippen molar-refractivity contribution in [1.82, 2.24) is 4.98 Å². The van der Waals surface area contributed by atoms with Crippen LogP contribution >= 0.6 is 0 Å². The molecule has 10 nitrogen and oxygen atoms in total. The number of nitrogens with one attached hydrogen (secondary N) is 1. The minimum atomic E-state index is -2.70. The van der Waals surface area contributed by atoms with Crippen molar-refractivity contribution < 1.29 is 29.7 Å². The summed E-state index contributed by atoms with van der Waals surface area (Å²) in [5, 5.41) is 32.2. The number of aliphatic hydroxyl groups excluding tert-OH is 2. The monoisotopic (exact) mass is 401 g/mol. The Bertz CT molecular complexity index is 1130. The number of aromatic amines is 1. The number of allylic oxidation sites excluding steroid dienone is 1. The Morgan fingerprint density at radius 3 is 2.55 bits per heavy atom. The Kier molecular flexibility index (Phi) is 3.87. The van der Waals surface area contributed by atoms with Crippen molar-refractivity contribution in [2.45, 2.75) is 31.4 Å². The summed E-state index contributed by atoms with van der Waals surface area (Å²) in [6.07, 6.45) is 0.168. The third-order valence-electron chi connectivity index (χ3n) is 6.11. The summed E-state index contributed by atoms with van der Waals surface area (Å²) in [5.74, 6) is -6.99. The van der Waals surface area contributed by atoms with E-state index in [4.69, 9.17) is 11.5 Å². The summed E-state index contributed by atoms with van der Waals surface area (Å²) in [7, 11) is 0. The summed E-state index contributed by atoms with van der Waals surface area (Å²) in [5.41, 5.74) is 7.45. The van der Waals surface area contributed by atoms with E-state index in [1.807, 2.05) is 0 Å². The molecule has 1 heterocycles. The first kappa shape index (κ1) is 19.1. The van der Waals surface area contributed by atoms with E-state index >= 15 is 0 Å². The SMILES string of the molecule is Cc1cc2c(c(=O)[nH]1)C(=O)C1=C(O)[C@]3(O)C(=O)C(C(N)=O)=C(O)[C@@H](N)C3CC1C2. The number of amides is 1. The Morgan fingerprint density at radius 1 is 1.28 bits per heavy atom. The molecule has 0 saturated carbocycles. The molecule has 0 fully saturated rings. The van der Waals surface area contributed by atoms with Crippen molar-refractivity contribution in [3.05, 3.63) is 55.9 Å². The van der Waals surface area contributed by atoms with Gasteiger partial charge in [0.05, 0.1) is 11.6 Å².